The molecule has 1 atom stereocenters. The topological polar surface area (TPSA) is 77.2 Å². The standard InChI is InChI=1S/C19H28N4O2/c1-5-23(6-2)19(25)22-17(18(24)21-13(3)4)11-14-12-20-16-10-8-7-9-15(14)16/h7-10,12-13,17,20H,5-6,11H2,1-4H3,(H,21,24)(H,22,25)/t17-/m1/s1. The molecule has 0 unspecified atom stereocenters. The number of rotatable bonds is 7. The van der Waals surface area contributed by atoms with Gasteiger partial charge in [-0.25, -0.2) is 4.79 Å². The third-order valence-corrected chi connectivity index (χ3v) is 4.19. The summed E-state index contributed by atoms with van der Waals surface area (Å²) in [5, 5.41) is 6.86. The van der Waals surface area contributed by atoms with E-state index < -0.39 is 6.04 Å². The highest BCUT2D eigenvalue weighted by Gasteiger charge is 2.24. The van der Waals surface area contributed by atoms with Crippen LogP contribution in [0.3, 0.4) is 0 Å². The molecule has 0 aliphatic rings. The molecule has 25 heavy (non-hydrogen) atoms. The third-order valence-electron chi connectivity index (χ3n) is 4.19. The Morgan fingerprint density at radius 2 is 1.80 bits per heavy atom. The van der Waals surface area contributed by atoms with Gasteiger partial charge in [-0.2, -0.15) is 0 Å². The van der Waals surface area contributed by atoms with Crippen molar-refractivity contribution in [3.05, 3.63) is 36.0 Å². The Morgan fingerprint density at radius 1 is 1.12 bits per heavy atom. The SMILES string of the molecule is CCN(CC)C(=O)N[C@H](Cc1c[nH]c2ccccc12)C(=O)NC(C)C. The number of para-hydroxylation sites is 1. The van der Waals surface area contributed by atoms with Crippen molar-refractivity contribution in [2.24, 2.45) is 0 Å². The van der Waals surface area contributed by atoms with Crippen LogP contribution in [-0.4, -0.2) is 47.0 Å². The average Bonchev–Trinajstić information content (AvgIpc) is 2.98. The van der Waals surface area contributed by atoms with Crippen LogP contribution in [0, 0.1) is 0 Å². The van der Waals surface area contributed by atoms with Crippen LogP contribution in [-0.2, 0) is 11.2 Å². The van der Waals surface area contributed by atoms with Gasteiger partial charge in [0.15, 0.2) is 0 Å². The molecule has 3 N–H and O–H groups in total. The first-order chi connectivity index (χ1) is 12.0. The number of aromatic nitrogens is 1. The predicted octanol–water partition coefficient (Wildman–Crippen LogP) is 2.66. The van der Waals surface area contributed by atoms with Crippen LogP contribution >= 0.6 is 0 Å². The number of carbonyl (C=O) groups excluding carboxylic acids is 2. The maximum absolute atomic E-state index is 12.6. The van der Waals surface area contributed by atoms with Crippen LogP contribution in [0.2, 0.25) is 0 Å². The smallest absolute Gasteiger partial charge is 0.318 e. The van der Waals surface area contributed by atoms with Crippen molar-refractivity contribution in [2.45, 2.75) is 46.2 Å². The fourth-order valence-corrected chi connectivity index (χ4v) is 2.87. The zero-order valence-electron chi connectivity index (χ0n) is 15.4. The van der Waals surface area contributed by atoms with Gasteiger partial charge in [0.2, 0.25) is 5.91 Å². The zero-order chi connectivity index (χ0) is 18.4. The summed E-state index contributed by atoms with van der Waals surface area (Å²) < 4.78 is 0. The first kappa shape index (κ1) is 18.8. The van der Waals surface area contributed by atoms with Gasteiger partial charge in [-0.05, 0) is 39.3 Å². The second kappa shape index (κ2) is 8.55. The Labute approximate surface area is 149 Å². The molecule has 3 amide bonds. The molecule has 1 heterocycles. The maximum atomic E-state index is 12.6. The number of urea groups is 1. The van der Waals surface area contributed by atoms with Gasteiger partial charge >= 0.3 is 6.03 Å². The second-order valence-electron chi connectivity index (χ2n) is 6.40. The van der Waals surface area contributed by atoms with Gasteiger partial charge in [-0.1, -0.05) is 18.2 Å². The van der Waals surface area contributed by atoms with Crippen molar-refractivity contribution in [3.63, 3.8) is 0 Å². The van der Waals surface area contributed by atoms with Crippen molar-refractivity contribution in [2.75, 3.05) is 13.1 Å². The van der Waals surface area contributed by atoms with Crippen LogP contribution in [0.15, 0.2) is 30.5 Å². The van der Waals surface area contributed by atoms with Crippen LogP contribution in [0.5, 0.6) is 0 Å². The summed E-state index contributed by atoms with van der Waals surface area (Å²) in [6.07, 6.45) is 2.35. The highest BCUT2D eigenvalue weighted by Crippen LogP contribution is 2.19. The van der Waals surface area contributed by atoms with E-state index in [2.05, 4.69) is 15.6 Å². The number of carbonyl (C=O) groups is 2. The summed E-state index contributed by atoms with van der Waals surface area (Å²) in [6.45, 7) is 8.87. The second-order valence-corrected chi connectivity index (χ2v) is 6.40. The lowest BCUT2D eigenvalue weighted by atomic mass is 10.0. The van der Waals surface area contributed by atoms with Gasteiger partial charge in [-0.3, -0.25) is 4.79 Å². The summed E-state index contributed by atoms with van der Waals surface area (Å²) in [7, 11) is 0. The molecule has 0 saturated heterocycles. The van der Waals surface area contributed by atoms with Crippen LogP contribution in [0.1, 0.15) is 33.3 Å². The number of fused-ring (bicyclic) bond motifs is 1. The van der Waals surface area contributed by atoms with Gasteiger partial charge in [-0.15, -0.1) is 0 Å². The molecule has 0 aliphatic heterocycles. The van der Waals surface area contributed by atoms with Crippen LogP contribution in [0.4, 0.5) is 4.79 Å². The Hall–Kier alpha value is -2.50. The van der Waals surface area contributed by atoms with Gasteiger partial charge in [0.1, 0.15) is 6.04 Å². The molecule has 0 spiro atoms. The molecule has 136 valence electrons. The number of benzene rings is 1. The molecule has 2 aromatic rings. The van der Waals surface area contributed by atoms with Crippen LogP contribution < -0.4 is 10.6 Å². The Bertz CT molecular complexity index is 719. The minimum Gasteiger partial charge on any atom is -0.361 e. The lowest BCUT2D eigenvalue weighted by Crippen LogP contribution is -2.53. The van der Waals surface area contributed by atoms with E-state index in [1.807, 2.05) is 58.2 Å². The molecule has 1 aromatic heterocycles. The third kappa shape index (κ3) is 4.75. The van der Waals surface area contributed by atoms with Gasteiger partial charge < -0.3 is 20.5 Å². The van der Waals surface area contributed by atoms with Gasteiger partial charge in [0, 0.05) is 42.7 Å². The number of hydrogen-bond donors (Lipinski definition) is 3. The zero-order valence-corrected chi connectivity index (χ0v) is 15.4. The quantitative estimate of drug-likeness (QED) is 0.722. The lowest BCUT2D eigenvalue weighted by molar-refractivity contribution is -0.123. The molecule has 0 bridgehead atoms. The number of hydrogen-bond acceptors (Lipinski definition) is 2. The molecule has 0 aliphatic carbocycles. The maximum Gasteiger partial charge on any atom is 0.318 e. The first-order valence-electron chi connectivity index (χ1n) is 8.87. The van der Waals surface area contributed by atoms with Gasteiger partial charge in [0.05, 0.1) is 0 Å². The fourth-order valence-electron chi connectivity index (χ4n) is 2.87. The molecule has 0 fully saturated rings. The molecule has 0 radical (unpaired) electrons. The number of aromatic amines is 1. The predicted molar refractivity (Wildman–Crippen MR) is 101 cm³/mol. The van der Waals surface area contributed by atoms with E-state index in [1.54, 1.807) is 4.90 Å². The summed E-state index contributed by atoms with van der Waals surface area (Å²) in [4.78, 5) is 29.9. The number of H-pyrrole nitrogens is 1. The molecule has 2 rings (SSSR count). The van der Waals surface area contributed by atoms with Crippen molar-refractivity contribution >= 4 is 22.8 Å². The molecular formula is C19H28N4O2. The van der Waals surface area contributed by atoms with Crippen molar-refractivity contribution in [1.82, 2.24) is 20.5 Å². The molecule has 1 aromatic carbocycles. The lowest BCUT2D eigenvalue weighted by Gasteiger charge is -2.25. The summed E-state index contributed by atoms with van der Waals surface area (Å²) >= 11 is 0. The highest BCUT2D eigenvalue weighted by molar-refractivity contribution is 5.89. The Morgan fingerprint density at radius 3 is 2.44 bits per heavy atom. The van der Waals surface area contributed by atoms with E-state index >= 15 is 0 Å². The number of nitrogens with one attached hydrogen (secondary N) is 3. The number of nitrogens with zero attached hydrogens (tertiary/aromatic N) is 1. The first-order valence-corrected chi connectivity index (χ1v) is 8.87. The van der Waals surface area contributed by atoms with Gasteiger partial charge in [0.25, 0.3) is 0 Å². The van der Waals surface area contributed by atoms with E-state index in [0.29, 0.717) is 19.5 Å². The van der Waals surface area contributed by atoms with E-state index in [4.69, 9.17) is 0 Å². The van der Waals surface area contributed by atoms with Crippen molar-refractivity contribution < 1.29 is 9.59 Å². The summed E-state index contributed by atoms with van der Waals surface area (Å²) in [6, 6.07) is 7.14. The van der Waals surface area contributed by atoms with Crippen molar-refractivity contribution in [1.29, 1.82) is 0 Å². The highest BCUT2D eigenvalue weighted by atomic mass is 16.2. The fraction of sp³-hybridized carbons (Fsp3) is 0.474. The van der Waals surface area contributed by atoms with E-state index in [-0.39, 0.29) is 18.0 Å². The molecular weight excluding hydrogens is 316 g/mol. The number of amides is 3. The minimum absolute atomic E-state index is 0.0170. The van der Waals surface area contributed by atoms with E-state index in [1.165, 1.54) is 0 Å². The Balaban J connectivity index is 2.22. The Kier molecular flexibility index (Phi) is 6.44. The average molecular weight is 344 g/mol. The van der Waals surface area contributed by atoms with Crippen molar-refractivity contribution in [3.8, 4) is 0 Å². The summed E-state index contributed by atoms with van der Waals surface area (Å²) in [5.74, 6) is -0.166. The minimum atomic E-state index is -0.616. The largest absolute Gasteiger partial charge is 0.361 e. The monoisotopic (exact) mass is 344 g/mol. The normalized spacial score (nSPS) is 12.2. The summed E-state index contributed by atoms with van der Waals surface area (Å²) in [5.41, 5.74) is 2.04. The molecule has 0 saturated carbocycles. The van der Waals surface area contributed by atoms with Crippen LogP contribution in [0.25, 0.3) is 10.9 Å². The molecule has 6 nitrogen and oxygen atoms in total. The van der Waals surface area contributed by atoms with E-state index in [0.717, 1.165) is 16.5 Å². The van der Waals surface area contributed by atoms with E-state index in [9.17, 15) is 9.59 Å². The molecule has 6 heteroatoms.